The molecule has 8 heteroatoms. The number of benzene rings is 2. The third-order valence-corrected chi connectivity index (χ3v) is 4.74. The number of amides is 1. The van der Waals surface area contributed by atoms with Crippen molar-refractivity contribution in [3.05, 3.63) is 59.7 Å². The van der Waals surface area contributed by atoms with Crippen molar-refractivity contribution >= 4 is 29.4 Å². The maximum atomic E-state index is 12.8. The Bertz CT molecular complexity index is 837. The minimum absolute atomic E-state index is 0.304. The van der Waals surface area contributed by atoms with Crippen LogP contribution in [0.5, 0.6) is 0 Å². The molecule has 0 aromatic heterocycles. The maximum Gasteiger partial charge on any atom is 0.419 e. The highest BCUT2D eigenvalue weighted by Gasteiger charge is 2.28. The van der Waals surface area contributed by atoms with Crippen molar-refractivity contribution in [2.75, 3.05) is 31.1 Å². The Morgan fingerprint density at radius 3 is 1.80 bits per heavy atom. The second-order valence-electron chi connectivity index (χ2n) is 6.52. The molecule has 1 aliphatic heterocycles. The number of carbonyl (C=O) groups excluding carboxylic acids is 1. The van der Waals surface area contributed by atoms with Crippen LogP contribution in [-0.4, -0.2) is 59.4 Å². The van der Waals surface area contributed by atoms with Gasteiger partial charge in [0.1, 0.15) is 6.61 Å². The first-order chi connectivity index (χ1) is 14.4. The summed E-state index contributed by atoms with van der Waals surface area (Å²) in [5.41, 5.74) is 4.14. The van der Waals surface area contributed by atoms with E-state index < -0.39 is 11.9 Å². The first-order valence-corrected chi connectivity index (χ1v) is 9.70. The van der Waals surface area contributed by atoms with Crippen LogP contribution in [0, 0.1) is 0 Å². The number of hydrogen-bond acceptors (Lipinski definition) is 5. The number of likely N-dealkylation sites (N-methyl/N-ethyl adjacent to an activating group) is 1. The van der Waals surface area contributed by atoms with Gasteiger partial charge >= 0.3 is 18.0 Å². The van der Waals surface area contributed by atoms with Gasteiger partial charge in [-0.3, -0.25) is 0 Å². The average Bonchev–Trinajstić information content (AvgIpc) is 2.75. The van der Waals surface area contributed by atoms with Crippen molar-refractivity contribution < 1.29 is 29.3 Å². The van der Waals surface area contributed by atoms with Gasteiger partial charge in [-0.15, -0.1) is 0 Å². The minimum atomic E-state index is -1.82. The number of para-hydroxylation sites is 2. The smallest absolute Gasteiger partial charge is 0.419 e. The Morgan fingerprint density at radius 2 is 1.37 bits per heavy atom. The van der Waals surface area contributed by atoms with Gasteiger partial charge in [-0.25, -0.2) is 19.3 Å². The fraction of sp³-hybridized carbons (Fsp3) is 0.318. The molecule has 0 fully saturated rings. The van der Waals surface area contributed by atoms with E-state index in [2.05, 4.69) is 30.9 Å². The van der Waals surface area contributed by atoms with E-state index in [0.717, 1.165) is 48.6 Å². The zero-order valence-corrected chi connectivity index (χ0v) is 17.1. The molecular formula is C22H26N2O6. The zero-order valence-electron chi connectivity index (χ0n) is 17.1. The van der Waals surface area contributed by atoms with Crippen LogP contribution in [0.4, 0.5) is 16.2 Å². The highest BCUT2D eigenvalue weighted by Crippen LogP contribution is 2.38. The molecule has 160 valence electrons. The number of ether oxygens (including phenoxy) is 1. The fourth-order valence-electron chi connectivity index (χ4n) is 3.15. The summed E-state index contributed by atoms with van der Waals surface area (Å²) in [5, 5.41) is 14.8. The van der Waals surface area contributed by atoms with E-state index in [-0.39, 0.29) is 6.09 Å². The van der Waals surface area contributed by atoms with Gasteiger partial charge in [-0.1, -0.05) is 50.2 Å². The molecule has 1 aliphatic rings. The van der Waals surface area contributed by atoms with Crippen LogP contribution in [0.2, 0.25) is 0 Å². The van der Waals surface area contributed by atoms with Crippen molar-refractivity contribution in [1.82, 2.24) is 4.90 Å². The van der Waals surface area contributed by atoms with E-state index in [9.17, 15) is 4.79 Å². The lowest BCUT2D eigenvalue weighted by molar-refractivity contribution is -0.159. The lowest BCUT2D eigenvalue weighted by Crippen LogP contribution is -2.34. The summed E-state index contributed by atoms with van der Waals surface area (Å²) in [4.78, 5) is 34.9. The summed E-state index contributed by atoms with van der Waals surface area (Å²) in [7, 11) is 0. The van der Waals surface area contributed by atoms with E-state index >= 15 is 0 Å². The molecule has 0 spiro atoms. The molecule has 0 aliphatic carbocycles. The Kier molecular flexibility index (Phi) is 8.37. The number of carboxylic acids is 2. The summed E-state index contributed by atoms with van der Waals surface area (Å²) in [6.45, 7) is 7.31. The predicted octanol–water partition coefficient (Wildman–Crippen LogP) is 3.36. The number of carboxylic acid groups (broad SMARTS) is 2. The highest BCUT2D eigenvalue weighted by atomic mass is 16.6. The average molecular weight is 414 g/mol. The summed E-state index contributed by atoms with van der Waals surface area (Å²) in [6, 6.07) is 16.1. The highest BCUT2D eigenvalue weighted by molar-refractivity contribution is 6.27. The first-order valence-electron chi connectivity index (χ1n) is 9.70. The molecule has 0 bridgehead atoms. The van der Waals surface area contributed by atoms with Gasteiger partial charge in [0.15, 0.2) is 0 Å². The number of carbonyl (C=O) groups is 3. The molecule has 1 heterocycles. The normalized spacial score (nSPS) is 11.6. The molecule has 0 saturated carbocycles. The third-order valence-electron chi connectivity index (χ3n) is 4.74. The monoisotopic (exact) mass is 414 g/mol. The fourth-order valence-corrected chi connectivity index (χ4v) is 3.15. The van der Waals surface area contributed by atoms with Crippen LogP contribution in [0.3, 0.4) is 0 Å². The Hall–Kier alpha value is -3.39. The van der Waals surface area contributed by atoms with Crippen LogP contribution >= 0.6 is 0 Å². The summed E-state index contributed by atoms with van der Waals surface area (Å²) >= 11 is 0. The SMILES string of the molecule is CCN(CC)CCOC(=O)N1c2ccccc2Cc2ccccc21.O=C(O)C(=O)O. The molecule has 1 amide bonds. The summed E-state index contributed by atoms with van der Waals surface area (Å²) in [6.07, 6.45) is 0.539. The second kappa shape index (κ2) is 11.0. The van der Waals surface area contributed by atoms with E-state index in [4.69, 9.17) is 24.5 Å². The van der Waals surface area contributed by atoms with Gasteiger partial charge in [0.2, 0.25) is 0 Å². The number of aliphatic carboxylic acids is 2. The molecule has 2 aromatic carbocycles. The standard InChI is InChI=1S/C20H24N2O2.C2H2O4/c1-3-21(4-2)13-14-24-20(23)22-18-11-7-5-9-16(18)15-17-10-6-8-12-19(17)22;3-1(4)2(5)6/h5-12H,3-4,13-15H2,1-2H3;(H,3,4)(H,5,6). The van der Waals surface area contributed by atoms with Crippen molar-refractivity contribution in [2.24, 2.45) is 0 Å². The quantitative estimate of drug-likeness (QED) is 0.722. The molecule has 3 rings (SSSR count). The molecule has 0 unspecified atom stereocenters. The molecule has 8 nitrogen and oxygen atoms in total. The number of hydrogen-bond donors (Lipinski definition) is 2. The van der Waals surface area contributed by atoms with Gasteiger partial charge in [0, 0.05) is 13.0 Å². The summed E-state index contributed by atoms with van der Waals surface area (Å²) in [5.74, 6) is -3.65. The van der Waals surface area contributed by atoms with Gasteiger partial charge in [0.25, 0.3) is 0 Å². The zero-order chi connectivity index (χ0) is 22.1. The number of rotatable bonds is 5. The van der Waals surface area contributed by atoms with E-state index in [1.807, 2.05) is 36.4 Å². The van der Waals surface area contributed by atoms with Crippen molar-refractivity contribution in [2.45, 2.75) is 20.3 Å². The maximum absolute atomic E-state index is 12.8. The van der Waals surface area contributed by atoms with Crippen molar-refractivity contribution in [3.8, 4) is 0 Å². The van der Waals surface area contributed by atoms with Gasteiger partial charge in [-0.05, 0) is 36.3 Å². The second-order valence-corrected chi connectivity index (χ2v) is 6.52. The predicted molar refractivity (Wildman–Crippen MR) is 112 cm³/mol. The van der Waals surface area contributed by atoms with Gasteiger partial charge in [0.05, 0.1) is 11.4 Å². The van der Waals surface area contributed by atoms with Gasteiger partial charge in [-0.2, -0.15) is 0 Å². The molecule has 2 N–H and O–H groups in total. The van der Waals surface area contributed by atoms with E-state index in [1.165, 1.54) is 0 Å². The Balaban J connectivity index is 0.000000469. The van der Waals surface area contributed by atoms with E-state index in [0.29, 0.717) is 6.61 Å². The Labute approximate surface area is 175 Å². The molecule has 0 radical (unpaired) electrons. The summed E-state index contributed by atoms with van der Waals surface area (Å²) < 4.78 is 5.57. The minimum Gasteiger partial charge on any atom is -0.473 e. The van der Waals surface area contributed by atoms with Crippen LogP contribution in [0.1, 0.15) is 25.0 Å². The van der Waals surface area contributed by atoms with Crippen molar-refractivity contribution in [3.63, 3.8) is 0 Å². The lowest BCUT2D eigenvalue weighted by Gasteiger charge is -2.31. The third kappa shape index (κ3) is 5.81. The van der Waals surface area contributed by atoms with Crippen LogP contribution < -0.4 is 4.90 Å². The largest absolute Gasteiger partial charge is 0.473 e. The number of fused-ring (bicyclic) bond motifs is 2. The molecule has 0 atom stereocenters. The Morgan fingerprint density at radius 1 is 0.900 bits per heavy atom. The molecule has 2 aromatic rings. The molecular weight excluding hydrogens is 388 g/mol. The number of nitrogens with zero attached hydrogens (tertiary/aromatic N) is 2. The lowest BCUT2D eigenvalue weighted by atomic mass is 9.96. The topological polar surface area (TPSA) is 107 Å². The van der Waals surface area contributed by atoms with Crippen LogP contribution in [0.25, 0.3) is 0 Å². The van der Waals surface area contributed by atoms with Gasteiger partial charge < -0.3 is 19.8 Å². The van der Waals surface area contributed by atoms with Crippen molar-refractivity contribution in [1.29, 1.82) is 0 Å². The van der Waals surface area contributed by atoms with Crippen LogP contribution in [-0.2, 0) is 20.7 Å². The molecule has 30 heavy (non-hydrogen) atoms. The van der Waals surface area contributed by atoms with E-state index in [1.54, 1.807) is 4.90 Å². The van der Waals surface area contributed by atoms with Crippen LogP contribution in [0.15, 0.2) is 48.5 Å². The first kappa shape index (κ1) is 22.9. The molecule has 0 saturated heterocycles. The number of anilines is 2.